The predicted octanol–water partition coefficient (Wildman–Crippen LogP) is 2.44. The van der Waals surface area contributed by atoms with Crippen molar-refractivity contribution in [2.45, 2.75) is 6.92 Å². The molecule has 25 heavy (non-hydrogen) atoms. The van der Waals surface area contributed by atoms with Crippen LogP contribution < -0.4 is 10.5 Å². The highest BCUT2D eigenvalue weighted by atomic mass is 16.5. The van der Waals surface area contributed by atoms with Gasteiger partial charge in [0.05, 0.1) is 32.3 Å². The quantitative estimate of drug-likeness (QED) is 0.585. The minimum Gasteiger partial charge on any atom is -0.487 e. The van der Waals surface area contributed by atoms with Gasteiger partial charge in [-0.25, -0.2) is 0 Å². The molecule has 3 rings (SSSR count). The average molecular weight is 339 g/mol. The molecule has 5 nitrogen and oxygen atoms in total. The van der Waals surface area contributed by atoms with Crippen LogP contribution in [-0.2, 0) is 0 Å². The van der Waals surface area contributed by atoms with Crippen molar-refractivity contribution in [3.05, 3.63) is 58.1 Å². The molecular formula is C20H23N2O3+. The number of nitrogen functional groups attached to an aromatic ring is 1. The van der Waals surface area contributed by atoms with Gasteiger partial charge in [0.15, 0.2) is 11.6 Å². The van der Waals surface area contributed by atoms with E-state index < -0.39 is 0 Å². The van der Waals surface area contributed by atoms with Crippen LogP contribution in [-0.4, -0.2) is 50.3 Å². The van der Waals surface area contributed by atoms with E-state index in [1.807, 2.05) is 6.92 Å². The first-order chi connectivity index (χ1) is 11.7. The van der Waals surface area contributed by atoms with E-state index in [2.05, 4.69) is 21.1 Å². The number of carbonyl (C=O) groups is 2. The molecule has 1 aliphatic carbocycles. The maximum absolute atomic E-state index is 13.0. The van der Waals surface area contributed by atoms with Crippen LogP contribution in [0.15, 0.2) is 30.3 Å². The Morgan fingerprint density at radius 1 is 1.00 bits per heavy atom. The fourth-order valence-corrected chi connectivity index (χ4v) is 2.95. The molecule has 1 aliphatic rings. The number of quaternary nitrogens is 1. The molecule has 0 fully saturated rings. The molecule has 5 heteroatoms. The molecule has 0 spiro atoms. The van der Waals surface area contributed by atoms with Crippen molar-refractivity contribution in [2.75, 3.05) is 40.0 Å². The van der Waals surface area contributed by atoms with Crippen molar-refractivity contribution in [1.29, 1.82) is 0 Å². The molecule has 0 heterocycles. The summed E-state index contributed by atoms with van der Waals surface area (Å²) in [5, 5.41) is 0. The third-order valence-electron chi connectivity index (χ3n) is 4.43. The largest absolute Gasteiger partial charge is 0.487 e. The van der Waals surface area contributed by atoms with Crippen molar-refractivity contribution in [3.63, 3.8) is 0 Å². The molecule has 0 amide bonds. The highest BCUT2D eigenvalue weighted by molar-refractivity contribution is 6.31. The van der Waals surface area contributed by atoms with E-state index in [-0.39, 0.29) is 22.7 Å². The van der Waals surface area contributed by atoms with Crippen molar-refractivity contribution in [2.24, 2.45) is 0 Å². The van der Waals surface area contributed by atoms with Gasteiger partial charge in [-0.05, 0) is 18.6 Å². The second-order valence-electron chi connectivity index (χ2n) is 7.42. The van der Waals surface area contributed by atoms with Crippen LogP contribution in [0.2, 0.25) is 0 Å². The summed E-state index contributed by atoms with van der Waals surface area (Å²) in [6.07, 6.45) is 0. The van der Waals surface area contributed by atoms with Gasteiger partial charge in [0.2, 0.25) is 0 Å². The van der Waals surface area contributed by atoms with E-state index in [9.17, 15) is 9.59 Å². The van der Waals surface area contributed by atoms with Crippen LogP contribution in [0.5, 0.6) is 5.75 Å². The molecule has 0 unspecified atom stereocenters. The second kappa shape index (κ2) is 6.01. The van der Waals surface area contributed by atoms with Gasteiger partial charge in [0.25, 0.3) is 0 Å². The molecule has 0 aromatic heterocycles. The van der Waals surface area contributed by atoms with E-state index in [1.165, 1.54) is 0 Å². The van der Waals surface area contributed by atoms with Gasteiger partial charge in [-0.15, -0.1) is 0 Å². The molecule has 2 N–H and O–H groups in total. The SMILES string of the molecule is Cc1cc(OCC[N+](C)(C)C)c2c(c1N)C(=O)c1ccccc1C2=O. The first-order valence-corrected chi connectivity index (χ1v) is 8.25. The summed E-state index contributed by atoms with van der Waals surface area (Å²) in [5.41, 5.74) is 8.59. The monoisotopic (exact) mass is 339 g/mol. The molecule has 130 valence electrons. The number of carbonyl (C=O) groups excluding carboxylic acids is 2. The third-order valence-corrected chi connectivity index (χ3v) is 4.43. The van der Waals surface area contributed by atoms with E-state index >= 15 is 0 Å². The maximum Gasteiger partial charge on any atom is 0.198 e. The number of nitrogens with two attached hydrogens (primary N) is 1. The summed E-state index contributed by atoms with van der Waals surface area (Å²) in [7, 11) is 6.20. The van der Waals surface area contributed by atoms with Crippen LogP contribution in [0.3, 0.4) is 0 Å². The first kappa shape index (κ1) is 17.2. The molecule has 0 aliphatic heterocycles. The van der Waals surface area contributed by atoms with E-state index in [4.69, 9.17) is 10.5 Å². The number of nitrogens with zero attached hydrogens (tertiary/aromatic N) is 1. The lowest BCUT2D eigenvalue weighted by atomic mass is 9.82. The summed E-state index contributed by atoms with van der Waals surface area (Å²) in [5.74, 6) is 0.00278. The zero-order valence-electron chi connectivity index (χ0n) is 15.1. The van der Waals surface area contributed by atoms with Crippen LogP contribution in [0.4, 0.5) is 5.69 Å². The van der Waals surface area contributed by atoms with E-state index in [0.717, 1.165) is 16.6 Å². The molecule has 2 aromatic rings. The van der Waals surface area contributed by atoms with Crippen LogP contribution >= 0.6 is 0 Å². The number of likely N-dealkylation sites (N-methyl/N-ethyl adjacent to an activating group) is 1. The van der Waals surface area contributed by atoms with Gasteiger partial charge in [0.1, 0.15) is 18.9 Å². The number of benzene rings is 2. The Labute approximate surface area is 147 Å². The Morgan fingerprint density at radius 3 is 2.12 bits per heavy atom. The number of anilines is 1. The molecule has 0 radical (unpaired) electrons. The number of ketones is 2. The molecule has 0 saturated carbocycles. The third kappa shape index (κ3) is 3.03. The topological polar surface area (TPSA) is 69.4 Å². The van der Waals surface area contributed by atoms with Gasteiger partial charge >= 0.3 is 0 Å². The van der Waals surface area contributed by atoms with Crippen molar-refractivity contribution in [3.8, 4) is 5.75 Å². The number of rotatable bonds is 4. The van der Waals surface area contributed by atoms with E-state index in [1.54, 1.807) is 30.3 Å². The summed E-state index contributed by atoms with van der Waals surface area (Å²) in [4.78, 5) is 25.9. The van der Waals surface area contributed by atoms with Gasteiger partial charge in [-0.3, -0.25) is 9.59 Å². The molecule has 0 bridgehead atoms. The van der Waals surface area contributed by atoms with Crippen LogP contribution in [0.1, 0.15) is 37.4 Å². The lowest BCUT2D eigenvalue weighted by Crippen LogP contribution is -2.38. The lowest BCUT2D eigenvalue weighted by Gasteiger charge is -2.26. The minimum atomic E-state index is -0.220. The Balaban J connectivity index is 2.10. The lowest BCUT2D eigenvalue weighted by molar-refractivity contribution is -0.870. The van der Waals surface area contributed by atoms with Crippen LogP contribution in [0, 0.1) is 6.92 Å². The zero-order chi connectivity index (χ0) is 18.4. The Kier molecular flexibility index (Phi) is 4.13. The van der Waals surface area contributed by atoms with Gasteiger partial charge < -0.3 is 15.0 Å². The molecule has 2 aromatic carbocycles. The van der Waals surface area contributed by atoms with E-state index in [0.29, 0.717) is 29.2 Å². The summed E-state index contributed by atoms with van der Waals surface area (Å²) >= 11 is 0. The van der Waals surface area contributed by atoms with Crippen molar-refractivity contribution >= 4 is 17.3 Å². The van der Waals surface area contributed by atoms with Crippen molar-refractivity contribution in [1.82, 2.24) is 0 Å². The number of ether oxygens (including phenoxy) is 1. The fraction of sp³-hybridized carbons (Fsp3) is 0.300. The normalized spacial score (nSPS) is 13.4. The maximum atomic E-state index is 13.0. The minimum absolute atomic E-state index is 0.211. The standard InChI is InChI=1S/C20H22N2O3/c1-12-11-15(25-10-9-22(2,3)4)16-17(18(12)21)20(24)14-8-6-5-7-13(14)19(16)23/h5-8,11H,9-10H2,1-4H3,(H-,21,24)/p+1. The Morgan fingerprint density at radius 2 is 1.56 bits per heavy atom. The highest BCUT2D eigenvalue weighted by Gasteiger charge is 2.34. The average Bonchev–Trinajstić information content (AvgIpc) is 2.54. The number of hydrogen-bond donors (Lipinski definition) is 1. The molecule has 0 saturated heterocycles. The summed E-state index contributed by atoms with van der Waals surface area (Å²) in [6.45, 7) is 3.04. The number of fused-ring (bicyclic) bond motifs is 2. The first-order valence-electron chi connectivity index (χ1n) is 8.25. The number of aryl methyl sites for hydroxylation is 1. The van der Waals surface area contributed by atoms with Gasteiger partial charge in [-0.1, -0.05) is 24.3 Å². The van der Waals surface area contributed by atoms with Crippen LogP contribution in [0.25, 0.3) is 0 Å². The molecule has 0 atom stereocenters. The Hall–Kier alpha value is -2.66. The highest BCUT2D eigenvalue weighted by Crippen LogP contribution is 2.38. The summed E-state index contributed by atoms with van der Waals surface area (Å²) < 4.78 is 6.65. The fourth-order valence-electron chi connectivity index (χ4n) is 2.95. The number of hydrogen-bond acceptors (Lipinski definition) is 4. The second-order valence-corrected chi connectivity index (χ2v) is 7.42. The Bertz CT molecular complexity index is 879. The smallest absolute Gasteiger partial charge is 0.198 e. The van der Waals surface area contributed by atoms with Gasteiger partial charge in [0, 0.05) is 16.8 Å². The zero-order valence-corrected chi connectivity index (χ0v) is 15.1. The van der Waals surface area contributed by atoms with Crippen molar-refractivity contribution < 1.29 is 18.8 Å². The predicted molar refractivity (Wildman–Crippen MR) is 97.3 cm³/mol. The van der Waals surface area contributed by atoms with Gasteiger partial charge in [-0.2, -0.15) is 0 Å². The summed E-state index contributed by atoms with van der Waals surface area (Å²) in [6, 6.07) is 8.59. The molecular weight excluding hydrogens is 316 g/mol.